The minimum atomic E-state index is -1.56. The first-order valence-corrected chi connectivity index (χ1v) is 16.8. The Kier molecular flexibility index (Phi) is 9.20. The quantitative estimate of drug-likeness (QED) is 0.134. The second-order valence-corrected chi connectivity index (χ2v) is 12.9. The van der Waals surface area contributed by atoms with Crippen LogP contribution in [0.1, 0.15) is 59.4 Å². The molecule has 8 rings (SSSR count). The minimum absolute atomic E-state index is 0.204. The van der Waals surface area contributed by atoms with Crippen LogP contribution in [0.2, 0.25) is 0 Å². The molecular formula is C40H38N2O10. The van der Waals surface area contributed by atoms with Gasteiger partial charge in [-0.3, -0.25) is 28.9 Å². The third-order valence-electron chi connectivity index (χ3n) is 10.4. The number of rotatable bonds is 6. The van der Waals surface area contributed by atoms with Gasteiger partial charge in [0.2, 0.25) is 0 Å². The molecule has 4 atom stereocenters. The second-order valence-electron chi connectivity index (χ2n) is 12.9. The molecule has 0 N–H and O–H groups in total. The number of ether oxygens (including phenoxy) is 4. The van der Waals surface area contributed by atoms with Crippen LogP contribution in [-0.2, 0) is 47.8 Å². The zero-order valence-corrected chi connectivity index (χ0v) is 29.1. The van der Waals surface area contributed by atoms with Gasteiger partial charge < -0.3 is 18.9 Å². The molecule has 0 unspecified atom stereocenters. The summed E-state index contributed by atoms with van der Waals surface area (Å²) in [6, 6.07) is 33.8. The van der Waals surface area contributed by atoms with Crippen molar-refractivity contribution in [1.29, 1.82) is 0 Å². The van der Waals surface area contributed by atoms with Gasteiger partial charge in [-0.25, -0.2) is 10.1 Å². The minimum Gasteiger partial charge on any atom is -0.468 e. The summed E-state index contributed by atoms with van der Waals surface area (Å²) in [5.74, 6) is -2.59. The number of para-hydroxylation sites is 2. The predicted molar refractivity (Wildman–Crippen MR) is 186 cm³/mol. The normalized spacial score (nSPS) is 22.5. The number of anilines is 2. The third kappa shape index (κ3) is 5.20. The number of nitrogens with zero attached hydrogens (tertiary/aromatic N) is 2. The molecular weight excluding hydrogens is 668 g/mol. The van der Waals surface area contributed by atoms with E-state index in [0.29, 0.717) is 0 Å². The van der Waals surface area contributed by atoms with Gasteiger partial charge >= 0.3 is 23.9 Å². The molecule has 4 bridgehead atoms. The van der Waals surface area contributed by atoms with Gasteiger partial charge in [0.25, 0.3) is 0 Å². The number of esters is 4. The first-order chi connectivity index (χ1) is 25.3. The molecule has 0 radical (unpaired) electrons. The van der Waals surface area contributed by atoms with Crippen molar-refractivity contribution in [2.45, 2.75) is 37.1 Å². The Labute approximate surface area is 300 Å². The molecule has 52 heavy (non-hydrogen) atoms. The van der Waals surface area contributed by atoms with E-state index in [9.17, 15) is 19.2 Å². The third-order valence-corrected chi connectivity index (χ3v) is 10.4. The zero-order chi connectivity index (χ0) is 36.6. The number of hydrogen-bond donors (Lipinski definition) is 0. The number of carbonyl (C=O) groups excluding carboxylic acids is 4. The standard InChI is InChI=1S/2C20H19NO5/c2*1-24-18(22)20(19(23)25-2)12-16(13-8-4-3-5-9-13)21-15-11-7-6-10-14(15)17(20)26-21/h2*3-11,16-17H,12H2,1-2H3/t2*16-,17-/m11/s1. The highest BCUT2D eigenvalue weighted by atomic mass is 16.7. The highest BCUT2D eigenvalue weighted by Gasteiger charge is 2.66. The van der Waals surface area contributed by atoms with E-state index in [1.807, 2.05) is 109 Å². The van der Waals surface area contributed by atoms with Gasteiger partial charge in [-0.1, -0.05) is 97.1 Å². The monoisotopic (exact) mass is 706 g/mol. The highest BCUT2D eigenvalue weighted by Crippen LogP contribution is 2.60. The SMILES string of the molecule is COC(=O)C1(C(=O)OC)C[C@H](c2ccccc2)N2O[C@@H]1c1ccccc12.COC(=O)C1(C(=O)OC)C[C@H](c2ccccc2)N2O[C@@H]1c1ccccc12. The lowest BCUT2D eigenvalue weighted by Gasteiger charge is -2.42. The Morgan fingerprint density at radius 2 is 0.808 bits per heavy atom. The average molecular weight is 707 g/mol. The second kappa shape index (κ2) is 13.8. The molecule has 4 aliphatic heterocycles. The summed E-state index contributed by atoms with van der Waals surface area (Å²) in [5, 5.41) is 3.58. The Morgan fingerprint density at radius 1 is 0.500 bits per heavy atom. The van der Waals surface area contributed by atoms with Crippen molar-refractivity contribution in [2.75, 3.05) is 38.6 Å². The van der Waals surface area contributed by atoms with Crippen molar-refractivity contribution in [1.82, 2.24) is 0 Å². The molecule has 2 saturated heterocycles. The van der Waals surface area contributed by atoms with Crippen LogP contribution in [-0.4, -0.2) is 52.3 Å². The van der Waals surface area contributed by atoms with E-state index in [1.165, 1.54) is 28.4 Å². The smallest absolute Gasteiger partial charge is 0.326 e. The fourth-order valence-electron chi connectivity index (χ4n) is 7.97. The molecule has 4 heterocycles. The summed E-state index contributed by atoms with van der Waals surface area (Å²) in [5.41, 5.74) is 2.02. The molecule has 2 fully saturated rings. The summed E-state index contributed by atoms with van der Waals surface area (Å²) in [6.07, 6.45) is -1.15. The topological polar surface area (TPSA) is 130 Å². The average Bonchev–Trinajstić information content (AvgIpc) is 3.72. The van der Waals surface area contributed by atoms with E-state index in [4.69, 9.17) is 28.6 Å². The van der Waals surface area contributed by atoms with E-state index in [2.05, 4.69) is 0 Å². The molecule has 0 aliphatic carbocycles. The number of hydrogen-bond acceptors (Lipinski definition) is 12. The molecule has 0 aromatic heterocycles. The van der Waals surface area contributed by atoms with Gasteiger partial charge in [-0.05, 0) is 23.3 Å². The van der Waals surface area contributed by atoms with Crippen LogP contribution >= 0.6 is 0 Å². The van der Waals surface area contributed by atoms with Crippen LogP contribution < -0.4 is 10.1 Å². The van der Waals surface area contributed by atoms with E-state index in [1.54, 1.807) is 10.1 Å². The van der Waals surface area contributed by atoms with Gasteiger partial charge in [0.15, 0.2) is 10.8 Å². The molecule has 12 nitrogen and oxygen atoms in total. The van der Waals surface area contributed by atoms with E-state index >= 15 is 0 Å². The van der Waals surface area contributed by atoms with Gasteiger partial charge in [0, 0.05) is 24.0 Å². The van der Waals surface area contributed by atoms with Gasteiger partial charge in [0.05, 0.1) is 51.9 Å². The Balaban J connectivity index is 0.000000162. The molecule has 4 aromatic rings. The molecule has 12 heteroatoms. The largest absolute Gasteiger partial charge is 0.468 e. The molecule has 4 aromatic carbocycles. The molecule has 0 amide bonds. The highest BCUT2D eigenvalue weighted by molar-refractivity contribution is 6.03. The Morgan fingerprint density at radius 3 is 1.13 bits per heavy atom. The number of carbonyl (C=O) groups is 4. The predicted octanol–water partition coefficient (Wildman–Crippen LogP) is 5.91. The fourth-order valence-corrected chi connectivity index (χ4v) is 7.97. The lowest BCUT2D eigenvalue weighted by atomic mass is 9.73. The van der Waals surface area contributed by atoms with Crippen molar-refractivity contribution < 1.29 is 47.8 Å². The number of methoxy groups -OCH3 is 4. The van der Waals surface area contributed by atoms with Crippen LogP contribution in [0.3, 0.4) is 0 Å². The van der Waals surface area contributed by atoms with Crippen molar-refractivity contribution >= 4 is 35.3 Å². The van der Waals surface area contributed by atoms with Crippen LogP contribution in [0.4, 0.5) is 11.4 Å². The van der Waals surface area contributed by atoms with Gasteiger partial charge in [-0.15, -0.1) is 0 Å². The first-order valence-electron chi connectivity index (χ1n) is 16.8. The van der Waals surface area contributed by atoms with Gasteiger partial charge in [-0.2, -0.15) is 0 Å². The molecule has 268 valence electrons. The summed E-state index contributed by atoms with van der Waals surface area (Å²) in [7, 11) is 5.10. The lowest BCUT2D eigenvalue weighted by Crippen LogP contribution is -2.52. The van der Waals surface area contributed by atoms with Crippen molar-refractivity contribution in [3.8, 4) is 0 Å². The number of fused-ring (bicyclic) bond motifs is 10. The van der Waals surface area contributed by atoms with E-state index in [-0.39, 0.29) is 24.9 Å². The molecule has 0 spiro atoms. The molecule has 0 saturated carbocycles. The maximum Gasteiger partial charge on any atom is 0.326 e. The van der Waals surface area contributed by atoms with E-state index in [0.717, 1.165) is 33.6 Å². The summed E-state index contributed by atoms with van der Waals surface area (Å²) >= 11 is 0. The Hall–Kier alpha value is -5.72. The van der Waals surface area contributed by atoms with Crippen LogP contribution in [0.5, 0.6) is 0 Å². The van der Waals surface area contributed by atoms with Crippen molar-refractivity contribution in [2.24, 2.45) is 10.8 Å². The van der Waals surface area contributed by atoms with Crippen molar-refractivity contribution in [3.05, 3.63) is 131 Å². The number of benzene rings is 4. The summed E-state index contributed by atoms with van der Waals surface area (Å²) in [6.45, 7) is 0. The van der Waals surface area contributed by atoms with Crippen molar-refractivity contribution in [3.63, 3.8) is 0 Å². The summed E-state index contributed by atoms with van der Waals surface area (Å²) < 4.78 is 20.1. The summed E-state index contributed by atoms with van der Waals surface area (Å²) in [4.78, 5) is 63.6. The van der Waals surface area contributed by atoms with Crippen LogP contribution in [0, 0.1) is 10.8 Å². The van der Waals surface area contributed by atoms with Crippen LogP contribution in [0.25, 0.3) is 0 Å². The number of hydroxylamine groups is 2. The Bertz CT molecular complexity index is 1810. The van der Waals surface area contributed by atoms with E-state index < -0.39 is 46.9 Å². The zero-order valence-electron chi connectivity index (χ0n) is 29.1. The fraction of sp³-hybridized carbons (Fsp3) is 0.300. The maximum absolute atomic E-state index is 12.8. The maximum atomic E-state index is 12.8. The lowest BCUT2D eigenvalue weighted by molar-refractivity contribution is -0.193. The first kappa shape index (κ1) is 34.7. The molecule has 4 aliphatic rings. The van der Waals surface area contributed by atoms with Gasteiger partial charge in [0.1, 0.15) is 12.2 Å². The van der Waals surface area contributed by atoms with Crippen LogP contribution in [0.15, 0.2) is 109 Å².